The first kappa shape index (κ1) is 18.4. The summed E-state index contributed by atoms with van der Waals surface area (Å²) in [5.74, 6) is -0.731. The Labute approximate surface area is 156 Å². The Balaban J connectivity index is 1.63. The predicted octanol–water partition coefficient (Wildman–Crippen LogP) is 1.51. The van der Waals surface area contributed by atoms with Crippen LogP contribution in [-0.2, 0) is 27.4 Å². The topological polar surface area (TPSA) is 97.8 Å². The van der Waals surface area contributed by atoms with Gasteiger partial charge in [-0.05, 0) is 29.3 Å². The van der Waals surface area contributed by atoms with E-state index in [4.69, 9.17) is 4.74 Å². The maximum atomic E-state index is 12.5. The maximum Gasteiger partial charge on any atom is 0.410 e. The predicted molar refractivity (Wildman–Crippen MR) is 94.5 cm³/mol. The van der Waals surface area contributed by atoms with Gasteiger partial charge in [-0.25, -0.2) is 9.59 Å². The number of methoxy groups -OCH3 is 1. The molecular formula is C19H19N3O5. The van der Waals surface area contributed by atoms with Gasteiger partial charge in [-0.2, -0.15) is 0 Å². The van der Waals surface area contributed by atoms with Crippen molar-refractivity contribution < 1.29 is 23.9 Å². The molecule has 1 aromatic carbocycles. The number of cyclic esters (lactones) is 1. The van der Waals surface area contributed by atoms with Crippen molar-refractivity contribution in [3.8, 4) is 0 Å². The number of benzene rings is 1. The zero-order valence-electron chi connectivity index (χ0n) is 14.8. The Morgan fingerprint density at radius 2 is 2.04 bits per heavy atom. The first-order valence-electron chi connectivity index (χ1n) is 8.35. The first-order valence-corrected chi connectivity index (χ1v) is 8.35. The van der Waals surface area contributed by atoms with Crippen LogP contribution in [-0.4, -0.2) is 47.6 Å². The van der Waals surface area contributed by atoms with Crippen molar-refractivity contribution in [1.29, 1.82) is 0 Å². The fraction of sp³-hybridized carbons (Fsp3) is 0.263. The Hall–Kier alpha value is -3.42. The normalized spacial score (nSPS) is 16.0. The van der Waals surface area contributed by atoms with Gasteiger partial charge in [0.05, 0.1) is 19.2 Å². The van der Waals surface area contributed by atoms with Crippen LogP contribution in [0.1, 0.15) is 21.5 Å². The summed E-state index contributed by atoms with van der Waals surface area (Å²) in [6, 6.07) is 9.57. The molecular weight excluding hydrogens is 350 g/mol. The number of ether oxygens (including phenoxy) is 2. The fourth-order valence-corrected chi connectivity index (χ4v) is 2.71. The highest BCUT2D eigenvalue weighted by Crippen LogP contribution is 2.18. The van der Waals surface area contributed by atoms with Gasteiger partial charge < -0.3 is 14.8 Å². The van der Waals surface area contributed by atoms with Crippen molar-refractivity contribution in [2.45, 2.75) is 19.1 Å². The lowest BCUT2D eigenvalue weighted by Crippen LogP contribution is -2.45. The highest BCUT2D eigenvalue weighted by atomic mass is 16.6. The molecule has 140 valence electrons. The molecule has 8 nitrogen and oxygen atoms in total. The molecule has 1 saturated heterocycles. The van der Waals surface area contributed by atoms with Gasteiger partial charge in [0.15, 0.2) is 0 Å². The van der Waals surface area contributed by atoms with E-state index in [0.717, 1.165) is 11.1 Å². The molecule has 0 unspecified atom stereocenters. The molecule has 0 radical (unpaired) electrons. The Morgan fingerprint density at radius 1 is 1.26 bits per heavy atom. The van der Waals surface area contributed by atoms with Crippen LogP contribution in [0.4, 0.5) is 4.79 Å². The summed E-state index contributed by atoms with van der Waals surface area (Å²) < 4.78 is 9.70. The highest BCUT2D eigenvalue weighted by molar-refractivity contribution is 5.89. The minimum atomic E-state index is -0.713. The summed E-state index contributed by atoms with van der Waals surface area (Å²) in [5.41, 5.74) is 2.05. The minimum absolute atomic E-state index is 0.00203. The van der Waals surface area contributed by atoms with Crippen molar-refractivity contribution in [3.05, 3.63) is 65.5 Å². The van der Waals surface area contributed by atoms with E-state index >= 15 is 0 Å². The quantitative estimate of drug-likeness (QED) is 0.775. The van der Waals surface area contributed by atoms with Gasteiger partial charge in [0.25, 0.3) is 0 Å². The van der Waals surface area contributed by atoms with E-state index in [1.807, 2.05) is 6.07 Å². The molecule has 1 aromatic heterocycles. The van der Waals surface area contributed by atoms with Gasteiger partial charge in [0.1, 0.15) is 12.6 Å². The number of aromatic nitrogens is 1. The number of hydrogen-bond acceptors (Lipinski definition) is 6. The van der Waals surface area contributed by atoms with Crippen LogP contribution in [0, 0.1) is 0 Å². The van der Waals surface area contributed by atoms with E-state index in [9.17, 15) is 14.4 Å². The van der Waals surface area contributed by atoms with Crippen LogP contribution < -0.4 is 5.32 Å². The molecule has 1 aliphatic rings. The molecule has 0 bridgehead atoms. The van der Waals surface area contributed by atoms with Crippen molar-refractivity contribution in [3.63, 3.8) is 0 Å². The van der Waals surface area contributed by atoms with Gasteiger partial charge in [0, 0.05) is 18.9 Å². The Morgan fingerprint density at radius 3 is 2.70 bits per heavy atom. The van der Waals surface area contributed by atoms with Crippen LogP contribution in [0.15, 0.2) is 48.8 Å². The lowest BCUT2D eigenvalue weighted by Gasteiger charge is -2.21. The summed E-state index contributed by atoms with van der Waals surface area (Å²) in [6.07, 6.45) is 2.77. The van der Waals surface area contributed by atoms with Crippen molar-refractivity contribution in [1.82, 2.24) is 15.2 Å². The fourth-order valence-electron chi connectivity index (χ4n) is 2.71. The average molecular weight is 369 g/mol. The van der Waals surface area contributed by atoms with E-state index in [-0.39, 0.29) is 19.1 Å². The Kier molecular flexibility index (Phi) is 5.65. The number of pyridine rings is 1. The summed E-state index contributed by atoms with van der Waals surface area (Å²) >= 11 is 0. The second-order valence-electron chi connectivity index (χ2n) is 5.99. The smallest absolute Gasteiger partial charge is 0.410 e. The largest absolute Gasteiger partial charge is 0.465 e. The molecule has 1 fully saturated rings. The molecule has 0 aliphatic carbocycles. The summed E-state index contributed by atoms with van der Waals surface area (Å²) in [7, 11) is 1.31. The maximum absolute atomic E-state index is 12.5. The van der Waals surface area contributed by atoms with Gasteiger partial charge in [0.2, 0.25) is 5.91 Å². The lowest BCUT2D eigenvalue weighted by molar-refractivity contribution is -0.125. The number of esters is 1. The van der Waals surface area contributed by atoms with Gasteiger partial charge in [-0.3, -0.25) is 14.7 Å². The molecule has 2 aromatic rings. The molecule has 8 heteroatoms. The van der Waals surface area contributed by atoms with Crippen LogP contribution in [0.3, 0.4) is 0 Å². The molecule has 2 heterocycles. The third-order valence-corrected chi connectivity index (χ3v) is 4.20. The van der Waals surface area contributed by atoms with E-state index < -0.39 is 18.1 Å². The minimum Gasteiger partial charge on any atom is -0.465 e. The Bertz CT molecular complexity index is 823. The second-order valence-corrected chi connectivity index (χ2v) is 5.99. The second kappa shape index (κ2) is 8.31. The third kappa shape index (κ3) is 4.41. The molecule has 1 N–H and O–H groups in total. The van der Waals surface area contributed by atoms with E-state index in [1.165, 1.54) is 12.0 Å². The number of amides is 2. The third-order valence-electron chi connectivity index (χ3n) is 4.20. The molecule has 0 saturated carbocycles. The molecule has 1 aliphatic heterocycles. The van der Waals surface area contributed by atoms with Crippen LogP contribution >= 0.6 is 0 Å². The SMILES string of the molecule is COC(=O)c1ccc(CN2C(=O)OC[C@H]2C(=O)NCc2cccnc2)cc1. The molecule has 27 heavy (non-hydrogen) atoms. The lowest BCUT2D eigenvalue weighted by atomic mass is 10.1. The zero-order valence-corrected chi connectivity index (χ0v) is 14.8. The molecule has 3 rings (SSSR count). The summed E-state index contributed by atoms with van der Waals surface area (Å²) in [4.78, 5) is 41.4. The van der Waals surface area contributed by atoms with Gasteiger partial charge >= 0.3 is 12.1 Å². The van der Waals surface area contributed by atoms with Gasteiger partial charge in [-0.1, -0.05) is 18.2 Å². The average Bonchev–Trinajstić information content (AvgIpc) is 3.07. The zero-order chi connectivity index (χ0) is 19.2. The van der Waals surface area contributed by atoms with E-state index in [2.05, 4.69) is 15.0 Å². The number of carbonyl (C=O) groups is 3. The number of carbonyl (C=O) groups excluding carboxylic acids is 3. The highest BCUT2D eigenvalue weighted by Gasteiger charge is 2.37. The van der Waals surface area contributed by atoms with Crippen molar-refractivity contribution in [2.24, 2.45) is 0 Å². The number of rotatable bonds is 6. The summed E-state index contributed by atoms with van der Waals surface area (Å²) in [5, 5.41) is 2.79. The van der Waals surface area contributed by atoms with Crippen molar-refractivity contribution >= 4 is 18.0 Å². The number of nitrogens with one attached hydrogen (secondary N) is 1. The van der Waals surface area contributed by atoms with Crippen molar-refractivity contribution in [2.75, 3.05) is 13.7 Å². The van der Waals surface area contributed by atoms with Crippen LogP contribution in [0.25, 0.3) is 0 Å². The van der Waals surface area contributed by atoms with E-state index in [1.54, 1.807) is 42.7 Å². The van der Waals surface area contributed by atoms with Crippen LogP contribution in [0.2, 0.25) is 0 Å². The molecule has 2 amide bonds. The molecule has 0 spiro atoms. The molecule has 1 atom stereocenters. The monoisotopic (exact) mass is 369 g/mol. The number of hydrogen-bond donors (Lipinski definition) is 1. The standard InChI is InChI=1S/C19H19N3O5/c1-26-18(24)15-6-4-13(5-7-15)11-22-16(12-27-19(22)25)17(23)21-10-14-3-2-8-20-9-14/h2-9,16H,10-12H2,1H3,(H,21,23)/t16-/m0/s1. The first-order chi connectivity index (χ1) is 13.1. The number of nitrogens with zero attached hydrogens (tertiary/aromatic N) is 2. The summed E-state index contributed by atoms with van der Waals surface area (Å²) in [6.45, 7) is 0.516. The van der Waals surface area contributed by atoms with Gasteiger partial charge in [-0.15, -0.1) is 0 Å². The van der Waals surface area contributed by atoms with E-state index in [0.29, 0.717) is 12.1 Å². The van der Waals surface area contributed by atoms with Crippen LogP contribution in [0.5, 0.6) is 0 Å².